The topological polar surface area (TPSA) is 69.0 Å². The van der Waals surface area contributed by atoms with Gasteiger partial charge < -0.3 is 10.1 Å². The van der Waals surface area contributed by atoms with Crippen LogP contribution in [0.4, 0.5) is 0 Å². The molecule has 0 aliphatic carbocycles. The fraction of sp³-hybridized carbons (Fsp3) is 0.211. The van der Waals surface area contributed by atoms with Gasteiger partial charge in [-0.15, -0.1) is 10.2 Å². The molecule has 0 saturated carbocycles. The molecule has 3 aromatic rings. The molecular weight excluding hydrogens is 316 g/mol. The molecule has 0 radical (unpaired) electrons. The number of nitrogens with one attached hydrogen (secondary N) is 1. The van der Waals surface area contributed by atoms with Crippen LogP contribution in [0.3, 0.4) is 0 Å². The lowest BCUT2D eigenvalue weighted by Gasteiger charge is -2.08. The molecule has 0 fully saturated rings. The highest BCUT2D eigenvalue weighted by molar-refractivity contribution is 5.94. The van der Waals surface area contributed by atoms with Gasteiger partial charge in [0.1, 0.15) is 24.5 Å². The van der Waals surface area contributed by atoms with E-state index in [0.717, 1.165) is 23.4 Å². The van der Waals surface area contributed by atoms with Crippen molar-refractivity contribution in [1.29, 1.82) is 0 Å². The number of amides is 1. The average Bonchev–Trinajstić information content (AvgIpc) is 3.28. The number of ether oxygens (including phenoxy) is 1. The quantitative estimate of drug-likeness (QED) is 0.796. The zero-order valence-corrected chi connectivity index (χ0v) is 13.8. The Kier molecular flexibility index (Phi) is 3.93. The van der Waals surface area contributed by atoms with Crippen molar-refractivity contribution in [2.45, 2.75) is 26.0 Å². The largest absolute Gasteiger partial charge is 0.490 e. The SMILES string of the molecule is CC1Cc2cc(CNC(=O)c3ccc(-n4cnnc4)cc3)ccc2O1. The summed E-state index contributed by atoms with van der Waals surface area (Å²) in [5.41, 5.74) is 3.81. The summed E-state index contributed by atoms with van der Waals surface area (Å²) < 4.78 is 7.49. The zero-order valence-electron chi connectivity index (χ0n) is 13.8. The molecule has 1 aliphatic rings. The Morgan fingerprint density at radius 1 is 1.20 bits per heavy atom. The first-order chi connectivity index (χ1) is 12.2. The number of hydrogen-bond acceptors (Lipinski definition) is 4. The lowest BCUT2D eigenvalue weighted by Crippen LogP contribution is -2.22. The lowest BCUT2D eigenvalue weighted by atomic mass is 10.1. The molecule has 1 N–H and O–H groups in total. The summed E-state index contributed by atoms with van der Waals surface area (Å²) in [7, 11) is 0. The summed E-state index contributed by atoms with van der Waals surface area (Å²) in [4.78, 5) is 12.3. The first-order valence-corrected chi connectivity index (χ1v) is 8.21. The number of nitrogens with zero attached hydrogens (tertiary/aromatic N) is 3. The number of hydrogen-bond donors (Lipinski definition) is 1. The van der Waals surface area contributed by atoms with E-state index in [1.165, 1.54) is 5.56 Å². The number of carbonyl (C=O) groups excluding carboxylic acids is 1. The van der Waals surface area contributed by atoms with Crippen molar-refractivity contribution in [2.24, 2.45) is 0 Å². The van der Waals surface area contributed by atoms with Gasteiger partial charge in [0.25, 0.3) is 5.91 Å². The molecule has 126 valence electrons. The van der Waals surface area contributed by atoms with E-state index < -0.39 is 0 Å². The van der Waals surface area contributed by atoms with Crippen molar-refractivity contribution in [1.82, 2.24) is 20.1 Å². The van der Waals surface area contributed by atoms with Gasteiger partial charge in [0.15, 0.2) is 0 Å². The van der Waals surface area contributed by atoms with Crippen LogP contribution >= 0.6 is 0 Å². The van der Waals surface area contributed by atoms with Gasteiger partial charge in [-0.1, -0.05) is 12.1 Å². The van der Waals surface area contributed by atoms with Crippen LogP contribution < -0.4 is 10.1 Å². The predicted molar refractivity (Wildman–Crippen MR) is 92.8 cm³/mol. The van der Waals surface area contributed by atoms with Crippen LogP contribution in [0.2, 0.25) is 0 Å². The Bertz CT molecular complexity index is 888. The highest BCUT2D eigenvalue weighted by Gasteiger charge is 2.18. The molecule has 1 aromatic heterocycles. The normalized spacial score (nSPS) is 15.5. The third-order valence-electron chi connectivity index (χ3n) is 4.26. The van der Waals surface area contributed by atoms with Crippen molar-refractivity contribution >= 4 is 5.91 Å². The van der Waals surface area contributed by atoms with Crippen LogP contribution in [-0.2, 0) is 13.0 Å². The van der Waals surface area contributed by atoms with Gasteiger partial charge in [-0.2, -0.15) is 0 Å². The molecule has 2 heterocycles. The second-order valence-corrected chi connectivity index (χ2v) is 6.17. The molecule has 0 bridgehead atoms. The fourth-order valence-electron chi connectivity index (χ4n) is 2.99. The molecule has 25 heavy (non-hydrogen) atoms. The maximum atomic E-state index is 12.3. The molecule has 4 rings (SSSR count). The molecule has 2 aromatic carbocycles. The van der Waals surface area contributed by atoms with E-state index in [0.29, 0.717) is 12.1 Å². The van der Waals surface area contributed by atoms with Gasteiger partial charge in [-0.05, 0) is 48.4 Å². The number of carbonyl (C=O) groups is 1. The minimum atomic E-state index is -0.0968. The van der Waals surface area contributed by atoms with Crippen LogP contribution in [0.5, 0.6) is 5.75 Å². The minimum Gasteiger partial charge on any atom is -0.490 e. The lowest BCUT2D eigenvalue weighted by molar-refractivity contribution is 0.0951. The Balaban J connectivity index is 1.40. The van der Waals surface area contributed by atoms with Crippen molar-refractivity contribution in [3.05, 3.63) is 71.8 Å². The van der Waals surface area contributed by atoms with E-state index in [2.05, 4.69) is 28.5 Å². The fourth-order valence-corrected chi connectivity index (χ4v) is 2.99. The summed E-state index contributed by atoms with van der Waals surface area (Å²) in [6.07, 6.45) is 4.38. The Hall–Kier alpha value is -3.15. The van der Waals surface area contributed by atoms with E-state index in [-0.39, 0.29) is 12.0 Å². The highest BCUT2D eigenvalue weighted by atomic mass is 16.5. The maximum Gasteiger partial charge on any atom is 0.251 e. The molecule has 1 amide bonds. The van der Waals surface area contributed by atoms with E-state index in [4.69, 9.17) is 4.74 Å². The third kappa shape index (κ3) is 3.24. The van der Waals surface area contributed by atoms with Gasteiger partial charge in [0.2, 0.25) is 0 Å². The summed E-state index contributed by atoms with van der Waals surface area (Å²) in [6.45, 7) is 2.55. The molecule has 0 spiro atoms. The first kappa shape index (κ1) is 15.4. The third-order valence-corrected chi connectivity index (χ3v) is 4.26. The van der Waals surface area contributed by atoms with Crippen LogP contribution in [0.15, 0.2) is 55.1 Å². The Morgan fingerprint density at radius 2 is 1.96 bits per heavy atom. The van der Waals surface area contributed by atoms with Crippen molar-refractivity contribution in [2.75, 3.05) is 0 Å². The molecular formula is C19H18N4O2. The second-order valence-electron chi connectivity index (χ2n) is 6.17. The van der Waals surface area contributed by atoms with Crippen LogP contribution in [0, 0.1) is 0 Å². The molecule has 0 saturated heterocycles. The smallest absolute Gasteiger partial charge is 0.251 e. The summed E-state index contributed by atoms with van der Waals surface area (Å²) in [6, 6.07) is 13.4. The monoisotopic (exact) mass is 334 g/mol. The van der Waals surface area contributed by atoms with E-state index in [1.54, 1.807) is 29.4 Å². The maximum absolute atomic E-state index is 12.3. The van der Waals surface area contributed by atoms with Gasteiger partial charge >= 0.3 is 0 Å². The summed E-state index contributed by atoms with van der Waals surface area (Å²) in [5, 5.41) is 10.5. The van der Waals surface area contributed by atoms with Gasteiger partial charge in [0, 0.05) is 24.2 Å². The molecule has 1 unspecified atom stereocenters. The number of benzene rings is 2. The van der Waals surface area contributed by atoms with Crippen LogP contribution in [0.25, 0.3) is 5.69 Å². The van der Waals surface area contributed by atoms with E-state index >= 15 is 0 Å². The molecule has 6 heteroatoms. The molecule has 6 nitrogen and oxygen atoms in total. The van der Waals surface area contributed by atoms with E-state index in [9.17, 15) is 4.79 Å². The molecule has 1 atom stereocenters. The van der Waals surface area contributed by atoms with Gasteiger partial charge in [0.05, 0.1) is 0 Å². The Morgan fingerprint density at radius 3 is 2.72 bits per heavy atom. The summed E-state index contributed by atoms with van der Waals surface area (Å²) in [5.74, 6) is 0.854. The summed E-state index contributed by atoms with van der Waals surface area (Å²) >= 11 is 0. The number of aromatic nitrogens is 3. The Labute approximate surface area is 145 Å². The zero-order chi connectivity index (χ0) is 17.2. The van der Waals surface area contributed by atoms with Crippen molar-refractivity contribution in [3.8, 4) is 11.4 Å². The van der Waals surface area contributed by atoms with Crippen LogP contribution in [0.1, 0.15) is 28.4 Å². The van der Waals surface area contributed by atoms with Crippen molar-refractivity contribution in [3.63, 3.8) is 0 Å². The van der Waals surface area contributed by atoms with Crippen LogP contribution in [-0.4, -0.2) is 26.8 Å². The first-order valence-electron chi connectivity index (χ1n) is 8.21. The highest BCUT2D eigenvalue weighted by Crippen LogP contribution is 2.29. The predicted octanol–water partition coefficient (Wildman–Crippen LogP) is 2.52. The standard InChI is InChI=1S/C19H18N4O2/c1-13-8-16-9-14(2-7-18(16)25-13)10-20-19(24)15-3-5-17(6-4-15)23-11-21-22-12-23/h2-7,9,11-13H,8,10H2,1H3,(H,20,24). The van der Waals surface area contributed by atoms with Crippen molar-refractivity contribution < 1.29 is 9.53 Å². The van der Waals surface area contributed by atoms with Gasteiger partial charge in [-0.25, -0.2) is 0 Å². The number of rotatable bonds is 4. The number of fused-ring (bicyclic) bond motifs is 1. The second kappa shape index (κ2) is 6.39. The van der Waals surface area contributed by atoms with E-state index in [1.807, 2.05) is 24.3 Å². The minimum absolute atomic E-state index is 0.0968. The van der Waals surface area contributed by atoms with Gasteiger partial charge in [-0.3, -0.25) is 9.36 Å². The molecule has 1 aliphatic heterocycles. The average molecular weight is 334 g/mol.